The second-order valence-corrected chi connectivity index (χ2v) is 5.11. The van der Waals surface area contributed by atoms with Gasteiger partial charge in [0.05, 0.1) is 16.9 Å². The van der Waals surface area contributed by atoms with Crippen LogP contribution in [-0.4, -0.2) is 27.1 Å². The number of benzene rings is 1. The lowest BCUT2D eigenvalue weighted by molar-refractivity contribution is -0.384. The third kappa shape index (κ3) is 2.97. The van der Waals surface area contributed by atoms with Crippen LogP contribution in [0.25, 0.3) is 16.7 Å². The van der Waals surface area contributed by atoms with Crippen molar-refractivity contribution in [2.24, 2.45) is 0 Å². The molecule has 0 fully saturated rings. The predicted molar refractivity (Wildman–Crippen MR) is 90.0 cm³/mol. The van der Waals surface area contributed by atoms with Crippen molar-refractivity contribution in [3.05, 3.63) is 74.7 Å². The Labute approximate surface area is 141 Å². The van der Waals surface area contributed by atoms with Crippen LogP contribution < -0.4 is 5.43 Å². The Kier molecular flexibility index (Phi) is 4.25. The molecule has 0 amide bonds. The van der Waals surface area contributed by atoms with E-state index in [2.05, 4.69) is 4.98 Å². The molecule has 126 valence electrons. The summed E-state index contributed by atoms with van der Waals surface area (Å²) < 4.78 is 6.47. The lowest BCUT2D eigenvalue weighted by atomic mass is 10.1. The number of nitro benzene ring substituents is 1. The number of esters is 1. The first-order chi connectivity index (χ1) is 12.0. The SMILES string of the molecule is CCOC(=O)c1cn(-c2ccc([N+](=O)[O-])cc2)c2ncccc2c1=O. The average Bonchev–Trinajstić information content (AvgIpc) is 2.62. The number of fused-ring (bicyclic) bond motifs is 1. The van der Waals surface area contributed by atoms with E-state index >= 15 is 0 Å². The topological polar surface area (TPSA) is 104 Å². The Morgan fingerprint density at radius 2 is 2.00 bits per heavy atom. The van der Waals surface area contributed by atoms with Crippen molar-refractivity contribution in [1.82, 2.24) is 9.55 Å². The molecular weight excluding hydrogens is 326 g/mol. The highest BCUT2D eigenvalue weighted by molar-refractivity contribution is 5.93. The smallest absolute Gasteiger partial charge is 0.343 e. The summed E-state index contributed by atoms with van der Waals surface area (Å²) in [5.74, 6) is -0.728. The number of nitro groups is 1. The molecule has 0 saturated heterocycles. The van der Waals surface area contributed by atoms with Crippen LogP contribution in [0.3, 0.4) is 0 Å². The van der Waals surface area contributed by atoms with E-state index in [0.29, 0.717) is 11.3 Å². The summed E-state index contributed by atoms with van der Waals surface area (Å²) in [6.07, 6.45) is 2.87. The molecule has 0 radical (unpaired) electrons. The Bertz CT molecular complexity index is 1020. The average molecular weight is 339 g/mol. The highest BCUT2D eigenvalue weighted by atomic mass is 16.6. The monoisotopic (exact) mass is 339 g/mol. The molecule has 0 aliphatic carbocycles. The van der Waals surface area contributed by atoms with Crippen molar-refractivity contribution in [3.8, 4) is 5.69 Å². The summed E-state index contributed by atoms with van der Waals surface area (Å²) in [7, 11) is 0. The van der Waals surface area contributed by atoms with Crippen molar-refractivity contribution in [1.29, 1.82) is 0 Å². The molecule has 0 N–H and O–H groups in total. The van der Waals surface area contributed by atoms with Gasteiger partial charge in [-0.2, -0.15) is 0 Å². The van der Waals surface area contributed by atoms with E-state index in [4.69, 9.17) is 4.74 Å². The molecule has 8 heteroatoms. The first-order valence-corrected chi connectivity index (χ1v) is 7.45. The zero-order valence-electron chi connectivity index (χ0n) is 13.2. The standard InChI is InChI=1S/C17H13N3O5/c1-2-25-17(22)14-10-19(11-5-7-12(8-6-11)20(23)24)16-13(15(14)21)4-3-9-18-16/h3-10H,2H2,1H3. The molecule has 8 nitrogen and oxygen atoms in total. The van der Waals surface area contributed by atoms with Gasteiger partial charge in [0.25, 0.3) is 5.69 Å². The number of carbonyl (C=O) groups is 1. The summed E-state index contributed by atoms with van der Waals surface area (Å²) in [6.45, 7) is 1.79. The molecule has 0 bridgehead atoms. The Balaban J connectivity index is 2.26. The quantitative estimate of drug-likeness (QED) is 0.411. The van der Waals surface area contributed by atoms with Crippen LogP contribution in [0, 0.1) is 10.1 Å². The van der Waals surface area contributed by atoms with Crippen molar-refractivity contribution in [2.75, 3.05) is 6.61 Å². The maximum absolute atomic E-state index is 12.5. The molecule has 1 aromatic carbocycles. The van der Waals surface area contributed by atoms with E-state index in [1.54, 1.807) is 19.1 Å². The maximum Gasteiger partial charge on any atom is 0.343 e. The molecule has 25 heavy (non-hydrogen) atoms. The lowest BCUT2D eigenvalue weighted by Crippen LogP contribution is -2.21. The van der Waals surface area contributed by atoms with Crippen LogP contribution in [0.4, 0.5) is 5.69 Å². The van der Waals surface area contributed by atoms with Gasteiger partial charge in [0, 0.05) is 30.2 Å². The van der Waals surface area contributed by atoms with Crippen molar-refractivity contribution in [2.45, 2.75) is 6.92 Å². The largest absolute Gasteiger partial charge is 0.462 e. The Hall–Kier alpha value is -3.55. The number of non-ortho nitro benzene ring substituents is 1. The van der Waals surface area contributed by atoms with E-state index in [0.717, 1.165) is 0 Å². The van der Waals surface area contributed by atoms with E-state index in [9.17, 15) is 19.7 Å². The fraction of sp³-hybridized carbons (Fsp3) is 0.118. The summed E-state index contributed by atoms with van der Waals surface area (Å²) in [5, 5.41) is 11.1. The molecule has 3 rings (SSSR count). The zero-order valence-corrected chi connectivity index (χ0v) is 13.2. The first-order valence-electron chi connectivity index (χ1n) is 7.45. The number of hydrogen-bond donors (Lipinski definition) is 0. The number of carbonyl (C=O) groups excluding carboxylic acids is 1. The van der Waals surface area contributed by atoms with E-state index < -0.39 is 16.3 Å². The van der Waals surface area contributed by atoms with Gasteiger partial charge in [0.1, 0.15) is 11.2 Å². The van der Waals surface area contributed by atoms with Crippen LogP contribution in [0.1, 0.15) is 17.3 Å². The fourth-order valence-corrected chi connectivity index (χ4v) is 2.45. The molecule has 0 spiro atoms. The number of rotatable bonds is 4. The molecule has 0 aliphatic heterocycles. The minimum absolute atomic E-state index is 0.0623. The molecule has 0 aliphatic rings. The molecule has 0 unspecified atom stereocenters. The third-order valence-corrected chi connectivity index (χ3v) is 3.60. The fourth-order valence-electron chi connectivity index (χ4n) is 2.45. The van der Waals surface area contributed by atoms with Gasteiger partial charge in [-0.1, -0.05) is 0 Å². The number of aromatic nitrogens is 2. The van der Waals surface area contributed by atoms with Gasteiger partial charge in [0.2, 0.25) is 5.43 Å². The van der Waals surface area contributed by atoms with Crippen molar-refractivity contribution in [3.63, 3.8) is 0 Å². The molecule has 0 saturated carbocycles. The number of nitrogens with zero attached hydrogens (tertiary/aromatic N) is 3. The van der Waals surface area contributed by atoms with Crippen molar-refractivity contribution < 1.29 is 14.5 Å². The van der Waals surface area contributed by atoms with Gasteiger partial charge >= 0.3 is 5.97 Å². The third-order valence-electron chi connectivity index (χ3n) is 3.60. The number of hydrogen-bond acceptors (Lipinski definition) is 6. The Morgan fingerprint density at radius 3 is 2.64 bits per heavy atom. The second-order valence-electron chi connectivity index (χ2n) is 5.11. The molecule has 3 aromatic rings. The number of ether oxygens (including phenoxy) is 1. The normalized spacial score (nSPS) is 10.6. The van der Waals surface area contributed by atoms with Gasteiger partial charge in [-0.05, 0) is 31.2 Å². The van der Waals surface area contributed by atoms with E-state index in [-0.39, 0.29) is 23.2 Å². The van der Waals surface area contributed by atoms with Gasteiger partial charge in [-0.15, -0.1) is 0 Å². The molecule has 2 heterocycles. The molecular formula is C17H13N3O5. The highest BCUT2D eigenvalue weighted by Gasteiger charge is 2.18. The maximum atomic E-state index is 12.5. The molecule has 0 atom stereocenters. The van der Waals surface area contributed by atoms with E-state index in [1.165, 1.54) is 41.2 Å². The van der Waals surface area contributed by atoms with E-state index in [1.807, 2.05) is 0 Å². The van der Waals surface area contributed by atoms with Crippen LogP contribution in [-0.2, 0) is 4.74 Å². The predicted octanol–water partition coefficient (Wildman–Crippen LogP) is 2.47. The summed E-state index contributed by atoms with van der Waals surface area (Å²) in [6, 6.07) is 8.88. The highest BCUT2D eigenvalue weighted by Crippen LogP contribution is 2.19. The summed E-state index contributed by atoms with van der Waals surface area (Å²) in [5.41, 5.74) is 0.211. The minimum Gasteiger partial charge on any atom is -0.462 e. The van der Waals surface area contributed by atoms with Gasteiger partial charge in [-0.3, -0.25) is 14.9 Å². The Morgan fingerprint density at radius 1 is 1.28 bits per heavy atom. The zero-order chi connectivity index (χ0) is 18.0. The van der Waals surface area contributed by atoms with Crippen LogP contribution in [0.15, 0.2) is 53.6 Å². The summed E-state index contributed by atoms with van der Waals surface area (Å²) >= 11 is 0. The molecule has 2 aromatic heterocycles. The number of pyridine rings is 2. The van der Waals surface area contributed by atoms with Crippen LogP contribution >= 0.6 is 0 Å². The first kappa shape index (κ1) is 16.3. The van der Waals surface area contributed by atoms with Gasteiger partial charge in [0.15, 0.2) is 0 Å². The minimum atomic E-state index is -0.728. The second kappa shape index (κ2) is 6.52. The lowest BCUT2D eigenvalue weighted by Gasteiger charge is -2.12. The van der Waals surface area contributed by atoms with Crippen LogP contribution in [0.5, 0.6) is 0 Å². The summed E-state index contributed by atoms with van der Waals surface area (Å²) in [4.78, 5) is 39.1. The van der Waals surface area contributed by atoms with Crippen LogP contribution in [0.2, 0.25) is 0 Å². The van der Waals surface area contributed by atoms with Crippen molar-refractivity contribution >= 4 is 22.7 Å². The van der Waals surface area contributed by atoms with Gasteiger partial charge < -0.3 is 9.30 Å². The van der Waals surface area contributed by atoms with Gasteiger partial charge in [-0.25, -0.2) is 9.78 Å².